The van der Waals surface area contributed by atoms with Crippen molar-refractivity contribution in [1.82, 2.24) is 20.4 Å². The highest BCUT2D eigenvalue weighted by Crippen LogP contribution is 2.38. The molecule has 4 amide bonds. The van der Waals surface area contributed by atoms with Crippen LogP contribution in [0.15, 0.2) is 83.4 Å². The number of urea groups is 1. The lowest BCUT2D eigenvalue weighted by Crippen LogP contribution is -2.52. The van der Waals surface area contributed by atoms with E-state index in [2.05, 4.69) is 27.5 Å². The van der Waals surface area contributed by atoms with Crippen molar-refractivity contribution in [2.24, 2.45) is 4.99 Å². The summed E-state index contributed by atoms with van der Waals surface area (Å²) in [5, 5.41) is 8.78. The van der Waals surface area contributed by atoms with E-state index in [1.165, 1.54) is 6.08 Å². The molecule has 2 aromatic carbocycles. The Bertz CT molecular complexity index is 1300. The zero-order chi connectivity index (χ0) is 27.4. The molecule has 2 aliphatic rings. The van der Waals surface area contributed by atoms with E-state index in [1.54, 1.807) is 29.2 Å². The molecule has 2 aromatic rings. The molecule has 0 aliphatic carbocycles. The van der Waals surface area contributed by atoms with E-state index < -0.39 is 5.54 Å². The summed E-state index contributed by atoms with van der Waals surface area (Å²) in [6.07, 6.45) is 1.18. The van der Waals surface area contributed by atoms with Crippen LogP contribution in [-0.2, 0) is 4.79 Å². The summed E-state index contributed by atoms with van der Waals surface area (Å²) in [4.78, 5) is 46.4. The average molecular weight is 515 g/mol. The van der Waals surface area contributed by atoms with Crippen molar-refractivity contribution in [3.05, 3.63) is 89.5 Å². The van der Waals surface area contributed by atoms with Gasteiger partial charge in [-0.15, -0.1) is 0 Å². The molecular formula is C29H34N6O3. The predicted molar refractivity (Wildman–Crippen MR) is 149 cm³/mol. The van der Waals surface area contributed by atoms with E-state index in [4.69, 9.17) is 0 Å². The number of nitrogens with one attached hydrogen (secondary N) is 3. The van der Waals surface area contributed by atoms with Crippen molar-refractivity contribution in [1.29, 1.82) is 0 Å². The van der Waals surface area contributed by atoms with Gasteiger partial charge in [0, 0.05) is 23.4 Å². The molecule has 0 unspecified atom stereocenters. The van der Waals surface area contributed by atoms with Gasteiger partial charge in [0.2, 0.25) is 5.91 Å². The molecule has 0 bridgehead atoms. The second-order valence-corrected chi connectivity index (χ2v) is 10.2. The number of hydrogen-bond donors (Lipinski definition) is 3. The lowest BCUT2D eigenvalue weighted by molar-refractivity contribution is -0.111. The number of rotatable bonds is 7. The molecule has 9 heteroatoms. The molecular weight excluding hydrogens is 480 g/mol. The first kappa shape index (κ1) is 26.8. The zero-order valence-corrected chi connectivity index (χ0v) is 22.2. The molecule has 0 spiro atoms. The summed E-state index contributed by atoms with van der Waals surface area (Å²) in [6, 6.07) is 16.2. The van der Waals surface area contributed by atoms with Crippen molar-refractivity contribution in [3.8, 4) is 0 Å². The third kappa shape index (κ3) is 5.68. The summed E-state index contributed by atoms with van der Waals surface area (Å²) in [7, 11) is 3.96. The first-order valence-electron chi connectivity index (χ1n) is 12.5. The van der Waals surface area contributed by atoms with Crippen LogP contribution < -0.4 is 16.0 Å². The minimum Gasteiger partial charge on any atom is -0.330 e. The Morgan fingerprint density at radius 2 is 1.76 bits per heavy atom. The third-order valence-electron chi connectivity index (χ3n) is 6.90. The lowest BCUT2D eigenvalue weighted by Gasteiger charge is -2.36. The number of benzene rings is 2. The van der Waals surface area contributed by atoms with Crippen LogP contribution in [0.4, 0.5) is 10.5 Å². The Morgan fingerprint density at radius 3 is 2.39 bits per heavy atom. The first-order chi connectivity index (χ1) is 18.1. The van der Waals surface area contributed by atoms with Gasteiger partial charge in [0.25, 0.3) is 5.91 Å². The maximum Gasteiger partial charge on any atom is 0.318 e. The largest absolute Gasteiger partial charge is 0.330 e. The van der Waals surface area contributed by atoms with Crippen LogP contribution in [-0.4, -0.2) is 72.7 Å². The van der Waals surface area contributed by atoms with Crippen molar-refractivity contribution >= 4 is 29.4 Å². The van der Waals surface area contributed by atoms with Crippen LogP contribution in [0.2, 0.25) is 0 Å². The molecule has 4 rings (SSSR count). The van der Waals surface area contributed by atoms with Crippen LogP contribution in [0.5, 0.6) is 0 Å². The van der Waals surface area contributed by atoms with Crippen molar-refractivity contribution in [2.45, 2.75) is 25.4 Å². The van der Waals surface area contributed by atoms with E-state index in [1.807, 2.05) is 63.2 Å². The number of aliphatic imine (C=N–C) groups is 1. The molecule has 198 valence electrons. The fraction of sp³-hybridized carbons (Fsp3) is 0.310. The van der Waals surface area contributed by atoms with Gasteiger partial charge in [-0.1, -0.05) is 36.9 Å². The molecule has 9 nitrogen and oxygen atoms in total. The summed E-state index contributed by atoms with van der Waals surface area (Å²) in [6.45, 7) is 8.88. The van der Waals surface area contributed by atoms with E-state index in [-0.39, 0.29) is 23.9 Å². The zero-order valence-electron chi connectivity index (χ0n) is 22.2. The molecule has 2 aliphatic heterocycles. The Balaban J connectivity index is 1.44. The van der Waals surface area contributed by atoms with Crippen molar-refractivity contribution in [3.63, 3.8) is 0 Å². The molecule has 0 saturated heterocycles. The quantitative estimate of drug-likeness (QED) is 0.493. The highest BCUT2D eigenvalue weighted by Gasteiger charge is 2.46. The molecule has 0 saturated carbocycles. The SMILES string of the molecule is C=CC(=O)Nc1ccc(C(=O)NC2=NCC3=C2CN(C(=O)N[C@H](CN(C)C)c2ccccc2)C3(C)C)cc1. The minimum absolute atomic E-state index is 0.164. The highest BCUT2D eigenvalue weighted by atomic mass is 16.2. The van der Waals surface area contributed by atoms with Crippen LogP contribution >= 0.6 is 0 Å². The van der Waals surface area contributed by atoms with E-state index in [9.17, 15) is 14.4 Å². The molecule has 2 heterocycles. The standard InChI is InChI=1S/C29H34N6O3/c1-6-25(36)31-21-14-12-20(13-15-21)27(37)33-26-22-17-35(29(2,3)23(22)16-30-26)28(38)32-24(18-34(4)5)19-10-8-7-9-11-19/h6-15,24H,1,16-18H2,2-5H3,(H,31,36)(H,32,38)(H,30,33,37)/t24-/m1/s1. The van der Waals surface area contributed by atoms with Gasteiger partial charge in [-0.2, -0.15) is 0 Å². The topological polar surface area (TPSA) is 106 Å². The molecule has 38 heavy (non-hydrogen) atoms. The second-order valence-electron chi connectivity index (χ2n) is 10.2. The van der Waals surface area contributed by atoms with Gasteiger partial charge < -0.3 is 25.8 Å². The number of amides is 4. The number of nitrogens with zero attached hydrogens (tertiary/aromatic N) is 3. The molecule has 3 N–H and O–H groups in total. The van der Waals surface area contributed by atoms with Gasteiger partial charge in [-0.05, 0) is 69.4 Å². The summed E-state index contributed by atoms with van der Waals surface area (Å²) in [5.41, 5.74) is 3.37. The van der Waals surface area contributed by atoms with Crippen LogP contribution in [0.3, 0.4) is 0 Å². The number of amidine groups is 1. The molecule has 0 fully saturated rings. The maximum absolute atomic E-state index is 13.5. The normalized spacial score (nSPS) is 16.6. The maximum atomic E-state index is 13.5. The number of hydrogen-bond acceptors (Lipinski definition) is 5. The van der Waals surface area contributed by atoms with Crippen LogP contribution in [0.1, 0.15) is 35.8 Å². The summed E-state index contributed by atoms with van der Waals surface area (Å²) >= 11 is 0. The van der Waals surface area contributed by atoms with Crippen LogP contribution in [0.25, 0.3) is 0 Å². The van der Waals surface area contributed by atoms with E-state index in [0.29, 0.717) is 36.7 Å². The number of anilines is 1. The summed E-state index contributed by atoms with van der Waals surface area (Å²) < 4.78 is 0. The smallest absolute Gasteiger partial charge is 0.318 e. The van der Waals surface area contributed by atoms with E-state index in [0.717, 1.165) is 16.7 Å². The van der Waals surface area contributed by atoms with Crippen LogP contribution in [0, 0.1) is 0 Å². The number of carbonyl (C=O) groups is 3. The van der Waals surface area contributed by atoms with Gasteiger partial charge in [-0.3, -0.25) is 14.6 Å². The average Bonchev–Trinajstić information content (AvgIpc) is 3.41. The lowest BCUT2D eigenvalue weighted by atomic mass is 9.94. The predicted octanol–water partition coefficient (Wildman–Crippen LogP) is 3.36. The van der Waals surface area contributed by atoms with E-state index >= 15 is 0 Å². The Labute approximate surface area is 223 Å². The molecule has 1 atom stereocenters. The van der Waals surface area contributed by atoms with Crippen molar-refractivity contribution in [2.75, 3.05) is 39.0 Å². The fourth-order valence-corrected chi connectivity index (χ4v) is 4.77. The Hall–Kier alpha value is -4.24. The third-order valence-corrected chi connectivity index (χ3v) is 6.90. The van der Waals surface area contributed by atoms with Gasteiger partial charge in [0.05, 0.1) is 24.7 Å². The first-order valence-corrected chi connectivity index (χ1v) is 12.5. The van der Waals surface area contributed by atoms with Gasteiger partial charge >= 0.3 is 6.03 Å². The van der Waals surface area contributed by atoms with Gasteiger partial charge in [-0.25, -0.2) is 4.79 Å². The minimum atomic E-state index is -0.556. The fourth-order valence-electron chi connectivity index (χ4n) is 4.77. The second kappa shape index (κ2) is 11.0. The Kier molecular flexibility index (Phi) is 7.78. The summed E-state index contributed by atoms with van der Waals surface area (Å²) in [5.74, 6) is -0.142. The highest BCUT2D eigenvalue weighted by molar-refractivity contribution is 6.15. The molecule has 0 radical (unpaired) electrons. The number of likely N-dealkylation sites (N-methyl/N-ethyl adjacent to an activating group) is 1. The Morgan fingerprint density at radius 1 is 1.08 bits per heavy atom. The van der Waals surface area contributed by atoms with Crippen molar-refractivity contribution < 1.29 is 14.4 Å². The number of carbonyl (C=O) groups excluding carboxylic acids is 3. The monoisotopic (exact) mass is 514 g/mol. The van der Waals surface area contributed by atoms with Gasteiger partial charge in [0.1, 0.15) is 5.84 Å². The molecule has 0 aromatic heterocycles. The van der Waals surface area contributed by atoms with Gasteiger partial charge in [0.15, 0.2) is 0 Å².